The van der Waals surface area contributed by atoms with Gasteiger partial charge in [-0.3, -0.25) is 9.36 Å². The van der Waals surface area contributed by atoms with Gasteiger partial charge in [-0.15, -0.1) is 0 Å². The van der Waals surface area contributed by atoms with E-state index in [-0.39, 0.29) is 25.8 Å². The third-order valence-electron chi connectivity index (χ3n) is 12.7. The molecule has 0 bridgehead atoms. The zero-order valence-electron chi connectivity index (χ0n) is 45.1. The Morgan fingerprint density at radius 1 is 0.463 bits per heavy atom. The van der Waals surface area contributed by atoms with Gasteiger partial charge in [0.05, 0.1) is 34.4 Å². The molecule has 9 heteroatoms. The van der Waals surface area contributed by atoms with E-state index >= 15 is 0 Å². The largest absolute Gasteiger partial charge is 0.756 e. The Morgan fingerprint density at radius 2 is 0.821 bits per heavy atom. The lowest BCUT2D eigenvalue weighted by molar-refractivity contribution is -0.870. The van der Waals surface area contributed by atoms with E-state index in [1.807, 2.05) is 21.1 Å². The molecular weight excluding hydrogens is 854 g/mol. The average molecular weight is 967 g/mol. The molecule has 0 amide bonds. The predicted molar refractivity (Wildman–Crippen MR) is 287 cm³/mol. The Balaban J connectivity index is 4.07. The number of phosphoric ester groups is 1. The van der Waals surface area contributed by atoms with E-state index in [1.165, 1.54) is 193 Å². The Morgan fingerprint density at radius 3 is 1.22 bits per heavy atom. The fourth-order valence-electron chi connectivity index (χ4n) is 8.26. The van der Waals surface area contributed by atoms with Crippen molar-refractivity contribution in [2.75, 3.05) is 54.1 Å². The van der Waals surface area contributed by atoms with Gasteiger partial charge < -0.3 is 27.9 Å². The number of likely N-dealkylation sites (N-methyl/N-ethyl adjacent to an activating group) is 1. The van der Waals surface area contributed by atoms with E-state index in [9.17, 15) is 14.3 Å². The Kier molecular flexibility index (Phi) is 50.1. The first-order valence-electron chi connectivity index (χ1n) is 28.7. The second-order valence-corrected chi connectivity index (χ2v) is 22.1. The molecular formula is C58H112NO7P. The minimum absolute atomic E-state index is 0.0245. The van der Waals surface area contributed by atoms with Crippen molar-refractivity contribution in [3.05, 3.63) is 36.5 Å². The lowest BCUT2D eigenvalue weighted by atomic mass is 10.0. The van der Waals surface area contributed by atoms with Gasteiger partial charge in [0.2, 0.25) is 0 Å². The monoisotopic (exact) mass is 966 g/mol. The summed E-state index contributed by atoms with van der Waals surface area (Å²) < 4.78 is 34.8. The number of allylic oxidation sites excluding steroid dienone is 6. The Bertz CT molecular complexity index is 1170. The molecule has 0 spiro atoms. The van der Waals surface area contributed by atoms with Crippen LogP contribution in [0.25, 0.3) is 0 Å². The SMILES string of the molecule is CCCCCCC/C=C\C/C=C\C/C=C\CCCCCCCCC(=O)OC(COCCCCCCCCCCCCCCCCCCCCCCCCCC)COP(=O)([O-])OCC[N+](C)(C)C. The number of ether oxygens (including phenoxy) is 2. The van der Waals surface area contributed by atoms with Gasteiger partial charge in [0, 0.05) is 13.0 Å². The van der Waals surface area contributed by atoms with Crippen molar-refractivity contribution < 1.29 is 37.3 Å². The van der Waals surface area contributed by atoms with Crippen LogP contribution in [0.15, 0.2) is 36.5 Å². The van der Waals surface area contributed by atoms with Gasteiger partial charge in [-0.2, -0.15) is 0 Å². The zero-order chi connectivity index (χ0) is 49.0. The molecule has 0 rings (SSSR count). The van der Waals surface area contributed by atoms with Crippen molar-refractivity contribution in [2.24, 2.45) is 0 Å². The summed E-state index contributed by atoms with van der Waals surface area (Å²) in [6.45, 7) is 5.44. The van der Waals surface area contributed by atoms with Crippen molar-refractivity contribution in [3.8, 4) is 0 Å². The number of rotatable bonds is 54. The molecule has 0 saturated carbocycles. The van der Waals surface area contributed by atoms with E-state index in [0.29, 0.717) is 24.1 Å². The van der Waals surface area contributed by atoms with Crippen LogP contribution >= 0.6 is 7.82 Å². The maximum absolute atomic E-state index is 12.8. The van der Waals surface area contributed by atoms with Crippen LogP contribution in [0.1, 0.15) is 271 Å². The first kappa shape index (κ1) is 65.7. The van der Waals surface area contributed by atoms with Gasteiger partial charge in [0.25, 0.3) is 7.82 Å². The highest BCUT2D eigenvalue weighted by molar-refractivity contribution is 7.45. The average Bonchev–Trinajstić information content (AvgIpc) is 3.29. The summed E-state index contributed by atoms with van der Waals surface area (Å²) in [4.78, 5) is 25.2. The number of esters is 1. The van der Waals surface area contributed by atoms with Crippen molar-refractivity contribution in [1.82, 2.24) is 0 Å². The second-order valence-electron chi connectivity index (χ2n) is 20.7. The number of unbranched alkanes of at least 4 members (excludes halogenated alkanes) is 34. The molecule has 2 atom stereocenters. The Hall–Kier alpha value is -1.28. The van der Waals surface area contributed by atoms with E-state index in [1.54, 1.807) is 0 Å². The minimum Gasteiger partial charge on any atom is -0.756 e. The van der Waals surface area contributed by atoms with Crippen LogP contribution in [0.2, 0.25) is 0 Å². The van der Waals surface area contributed by atoms with Crippen molar-refractivity contribution in [1.29, 1.82) is 0 Å². The van der Waals surface area contributed by atoms with Crippen molar-refractivity contribution in [3.63, 3.8) is 0 Å². The summed E-state index contributed by atoms with van der Waals surface area (Å²) in [5.74, 6) is -0.341. The smallest absolute Gasteiger partial charge is 0.306 e. The number of carbonyl (C=O) groups is 1. The molecule has 0 aromatic carbocycles. The van der Waals surface area contributed by atoms with E-state index < -0.39 is 13.9 Å². The van der Waals surface area contributed by atoms with E-state index in [0.717, 1.165) is 57.8 Å². The highest BCUT2D eigenvalue weighted by Gasteiger charge is 2.20. The summed E-state index contributed by atoms with van der Waals surface area (Å²) in [5.41, 5.74) is 0. The topological polar surface area (TPSA) is 94.1 Å². The molecule has 0 aliphatic carbocycles. The molecule has 0 N–H and O–H groups in total. The fraction of sp³-hybridized carbons (Fsp3) is 0.879. The lowest BCUT2D eigenvalue weighted by Crippen LogP contribution is -2.37. The molecule has 0 aromatic rings. The highest BCUT2D eigenvalue weighted by atomic mass is 31.2. The molecule has 0 fully saturated rings. The highest BCUT2D eigenvalue weighted by Crippen LogP contribution is 2.38. The molecule has 0 heterocycles. The lowest BCUT2D eigenvalue weighted by Gasteiger charge is -2.28. The standard InChI is InChI=1S/C58H112NO7P/c1-6-8-10-12-14-16-18-20-22-24-26-28-29-30-32-34-36-38-40-42-44-46-48-50-53-63-55-57(56-65-67(61,62)64-54-52-59(3,4)5)66-58(60)51-49-47-45-43-41-39-37-35-33-31-27-25-23-21-19-17-15-13-11-9-7-2/h19,21,25,27,33,35,57H,6-18,20,22-24,26,28-32,34,36-56H2,1-5H3/b21-19-,27-25-,35-33-. The van der Waals surface area contributed by atoms with Crippen LogP contribution in [0, 0.1) is 0 Å². The van der Waals surface area contributed by atoms with Crippen molar-refractivity contribution in [2.45, 2.75) is 277 Å². The first-order valence-corrected chi connectivity index (χ1v) is 30.2. The van der Waals surface area contributed by atoms with Crippen LogP contribution in [0.4, 0.5) is 0 Å². The maximum Gasteiger partial charge on any atom is 0.306 e. The quantitative estimate of drug-likeness (QED) is 0.0197. The summed E-state index contributed by atoms with van der Waals surface area (Å²) in [6, 6.07) is 0. The number of hydrogen-bond donors (Lipinski definition) is 0. The third-order valence-corrected chi connectivity index (χ3v) is 13.7. The molecule has 0 radical (unpaired) electrons. The van der Waals surface area contributed by atoms with Crippen molar-refractivity contribution >= 4 is 13.8 Å². The van der Waals surface area contributed by atoms with Gasteiger partial charge in [-0.05, 0) is 51.4 Å². The third kappa shape index (κ3) is 55.5. The van der Waals surface area contributed by atoms with E-state index in [2.05, 4.69) is 50.3 Å². The molecule has 396 valence electrons. The molecule has 0 aromatic heterocycles. The molecule has 67 heavy (non-hydrogen) atoms. The van der Waals surface area contributed by atoms with Gasteiger partial charge in [0.15, 0.2) is 0 Å². The zero-order valence-corrected chi connectivity index (χ0v) is 46.0. The normalized spacial score (nSPS) is 13.7. The molecule has 8 nitrogen and oxygen atoms in total. The molecule has 0 aliphatic rings. The first-order chi connectivity index (χ1) is 32.6. The number of hydrogen-bond acceptors (Lipinski definition) is 7. The van der Waals surface area contributed by atoms with Gasteiger partial charge in [-0.1, -0.05) is 249 Å². The summed E-state index contributed by atoms with van der Waals surface area (Å²) >= 11 is 0. The fourth-order valence-corrected chi connectivity index (χ4v) is 8.99. The van der Waals surface area contributed by atoms with Crippen LogP contribution in [-0.2, 0) is 27.9 Å². The Labute approximate surface area is 416 Å². The molecule has 2 unspecified atom stereocenters. The number of nitrogens with zero attached hydrogens (tertiary/aromatic N) is 1. The van der Waals surface area contributed by atoms with Gasteiger partial charge >= 0.3 is 5.97 Å². The van der Waals surface area contributed by atoms with Gasteiger partial charge in [-0.25, -0.2) is 0 Å². The van der Waals surface area contributed by atoms with Crippen LogP contribution in [0.3, 0.4) is 0 Å². The van der Waals surface area contributed by atoms with E-state index in [4.69, 9.17) is 18.5 Å². The summed E-state index contributed by atoms with van der Waals surface area (Å²) in [7, 11) is 1.36. The summed E-state index contributed by atoms with van der Waals surface area (Å²) in [5, 5.41) is 0. The molecule has 0 aliphatic heterocycles. The predicted octanol–water partition coefficient (Wildman–Crippen LogP) is 17.4. The van der Waals surface area contributed by atoms with Crippen LogP contribution in [-0.4, -0.2) is 70.7 Å². The number of phosphoric acid groups is 1. The molecule has 0 saturated heterocycles. The number of quaternary nitrogens is 1. The van der Waals surface area contributed by atoms with Crippen LogP contribution in [0.5, 0.6) is 0 Å². The minimum atomic E-state index is -4.54. The number of carbonyl (C=O) groups excluding carboxylic acids is 1. The summed E-state index contributed by atoms with van der Waals surface area (Å²) in [6.07, 6.45) is 63.3. The second kappa shape index (κ2) is 51.1. The van der Waals surface area contributed by atoms with Gasteiger partial charge in [0.1, 0.15) is 19.3 Å². The maximum atomic E-state index is 12.8. The van der Waals surface area contributed by atoms with Crippen LogP contribution < -0.4 is 4.89 Å².